The predicted molar refractivity (Wildman–Crippen MR) is 85.6 cm³/mol. The van der Waals surface area contributed by atoms with Crippen LogP contribution in [0.4, 0.5) is 0 Å². The Morgan fingerprint density at radius 1 is 0.833 bits per heavy atom. The first kappa shape index (κ1) is 13.8. The molecule has 0 aromatic heterocycles. The lowest BCUT2D eigenvalue weighted by atomic mass is 9.99. The van der Waals surface area contributed by atoms with E-state index in [2.05, 4.69) is 89.0 Å². The molecule has 0 saturated heterocycles. The highest BCUT2D eigenvalue weighted by atomic mass is 79.9. The summed E-state index contributed by atoms with van der Waals surface area (Å²) in [5.41, 5.74) is 6.53. The molecule has 0 bridgehead atoms. The molecule has 2 heteroatoms. The highest BCUT2D eigenvalue weighted by Gasteiger charge is 2.12. The van der Waals surface area contributed by atoms with Crippen molar-refractivity contribution in [2.45, 2.75) is 25.6 Å². The SMILES string of the molecule is Cc1cc(Br)cc(C(Br)c2ccc(C)c(C)c2)c1. The van der Waals surface area contributed by atoms with E-state index in [0.29, 0.717) is 0 Å². The van der Waals surface area contributed by atoms with Crippen LogP contribution in [0.5, 0.6) is 0 Å². The summed E-state index contributed by atoms with van der Waals surface area (Å²) in [7, 11) is 0. The van der Waals surface area contributed by atoms with Crippen molar-refractivity contribution in [1.82, 2.24) is 0 Å². The van der Waals surface area contributed by atoms with E-state index in [-0.39, 0.29) is 4.83 Å². The van der Waals surface area contributed by atoms with Gasteiger partial charge in [0.25, 0.3) is 0 Å². The van der Waals surface area contributed by atoms with Crippen molar-refractivity contribution >= 4 is 31.9 Å². The summed E-state index contributed by atoms with van der Waals surface area (Å²) in [5.74, 6) is 0. The molecule has 2 rings (SSSR count). The first-order chi connectivity index (χ1) is 8.47. The molecule has 0 fully saturated rings. The molecule has 0 nitrogen and oxygen atoms in total. The van der Waals surface area contributed by atoms with Gasteiger partial charge in [0.15, 0.2) is 0 Å². The minimum absolute atomic E-state index is 0.244. The van der Waals surface area contributed by atoms with E-state index in [4.69, 9.17) is 0 Å². The fraction of sp³-hybridized carbons (Fsp3) is 0.250. The molecule has 0 radical (unpaired) electrons. The molecule has 1 unspecified atom stereocenters. The second-order valence-electron chi connectivity index (χ2n) is 4.77. The van der Waals surface area contributed by atoms with Gasteiger partial charge in [-0.2, -0.15) is 0 Å². The van der Waals surface area contributed by atoms with E-state index in [0.717, 1.165) is 4.47 Å². The van der Waals surface area contributed by atoms with Crippen LogP contribution in [0.2, 0.25) is 0 Å². The Morgan fingerprint density at radius 2 is 1.56 bits per heavy atom. The molecule has 0 spiro atoms. The Labute approximate surface area is 126 Å². The van der Waals surface area contributed by atoms with E-state index in [1.165, 1.54) is 27.8 Å². The highest BCUT2D eigenvalue weighted by Crippen LogP contribution is 2.33. The van der Waals surface area contributed by atoms with Crippen molar-refractivity contribution in [3.8, 4) is 0 Å². The molecule has 0 saturated carbocycles. The van der Waals surface area contributed by atoms with Crippen molar-refractivity contribution in [2.75, 3.05) is 0 Å². The topological polar surface area (TPSA) is 0 Å². The number of alkyl halides is 1. The fourth-order valence-corrected chi connectivity index (χ4v) is 3.20. The molecule has 0 aliphatic carbocycles. The summed E-state index contributed by atoms with van der Waals surface area (Å²) in [6, 6.07) is 13.2. The van der Waals surface area contributed by atoms with Gasteiger partial charge in [0.05, 0.1) is 4.83 Å². The maximum atomic E-state index is 3.80. The molecule has 0 heterocycles. The Morgan fingerprint density at radius 3 is 2.17 bits per heavy atom. The van der Waals surface area contributed by atoms with Crippen LogP contribution in [0, 0.1) is 20.8 Å². The molecule has 0 amide bonds. The smallest absolute Gasteiger partial charge is 0.0645 e. The lowest BCUT2D eigenvalue weighted by Gasteiger charge is -2.14. The van der Waals surface area contributed by atoms with Crippen LogP contribution in [0.3, 0.4) is 0 Å². The number of aryl methyl sites for hydroxylation is 3. The number of hydrogen-bond acceptors (Lipinski definition) is 0. The Balaban J connectivity index is 2.40. The van der Waals surface area contributed by atoms with Crippen LogP contribution < -0.4 is 0 Å². The summed E-state index contributed by atoms with van der Waals surface area (Å²) >= 11 is 7.36. The van der Waals surface area contributed by atoms with Crippen molar-refractivity contribution in [3.63, 3.8) is 0 Å². The van der Waals surface area contributed by atoms with Crippen molar-refractivity contribution in [1.29, 1.82) is 0 Å². The van der Waals surface area contributed by atoms with Crippen LogP contribution in [0.25, 0.3) is 0 Å². The third-order valence-electron chi connectivity index (χ3n) is 3.18. The zero-order valence-corrected chi connectivity index (χ0v) is 14.0. The maximum Gasteiger partial charge on any atom is 0.0645 e. The third kappa shape index (κ3) is 3.04. The van der Waals surface area contributed by atoms with Gasteiger partial charge in [0.1, 0.15) is 0 Å². The predicted octanol–water partition coefficient (Wildman–Crippen LogP) is 5.86. The summed E-state index contributed by atoms with van der Waals surface area (Å²) in [6.45, 7) is 6.42. The van der Waals surface area contributed by atoms with Gasteiger partial charge in [0, 0.05) is 4.47 Å². The molecule has 18 heavy (non-hydrogen) atoms. The highest BCUT2D eigenvalue weighted by molar-refractivity contribution is 9.10. The second-order valence-corrected chi connectivity index (χ2v) is 6.60. The van der Waals surface area contributed by atoms with Crippen LogP contribution in [-0.2, 0) is 0 Å². The molecule has 2 aromatic carbocycles. The molecular weight excluding hydrogens is 352 g/mol. The van der Waals surface area contributed by atoms with Gasteiger partial charge in [-0.15, -0.1) is 0 Å². The summed E-state index contributed by atoms with van der Waals surface area (Å²) in [5, 5.41) is 0. The number of hydrogen-bond donors (Lipinski definition) is 0. The normalized spacial score (nSPS) is 12.5. The molecule has 1 atom stereocenters. The van der Waals surface area contributed by atoms with Gasteiger partial charge in [-0.1, -0.05) is 56.1 Å². The van der Waals surface area contributed by atoms with E-state index < -0.39 is 0 Å². The van der Waals surface area contributed by atoms with E-state index in [1.54, 1.807) is 0 Å². The monoisotopic (exact) mass is 366 g/mol. The van der Waals surface area contributed by atoms with Gasteiger partial charge in [0.2, 0.25) is 0 Å². The zero-order valence-electron chi connectivity index (χ0n) is 10.8. The summed E-state index contributed by atoms with van der Waals surface area (Å²) < 4.78 is 1.13. The molecule has 2 aromatic rings. The van der Waals surface area contributed by atoms with Crippen LogP contribution in [0.1, 0.15) is 32.6 Å². The first-order valence-corrected chi connectivity index (χ1v) is 7.66. The van der Waals surface area contributed by atoms with E-state index in [9.17, 15) is 0 Å². The lowest BCUT2D eigenvalue weighted by molar-refractivity contribution is 1.14. The Kier molecular flexibility index (Phi) is 4.29. The molecule has 0 N–H and O–H groups in total. The molecular formula is C16H16Br2. The van der Waals surface area contributed by atoms with Gasteiger partial charge < -0.3 is 0 Å². The second kappa shape index (κ2) is 5.58. The lowest BCUT2D eigenvalue weighted by Crippen LogP contribution is -1.95. The van der Waals surface area contributed by atoms with Gasteiger partial charge >= 0.3 is 0 Å². The van der Waals surface area contributed by atoms with Crippen LogP contribution >= 0.6 is 31.9 Å². The maximum absolute atomic E-state index is 3.80. The molecule has 94 valence electrons. The van der Waals surface area contributed by atoms with Gasteiger partial charge in [-0.05, 0) is 60.7 Å². The number of rotatable bonds is 2. The quantitative estimate of drug-likeness (QED) is 0.583. The van der Waals surface area contributed by atoms with Crippen molar-refractivity contribution in [2.24, 2.45) is 0 Å². The number of benzene rings is 2. The first-order valence-electron chi connectivity index (χ1n) is 5.95. The van der Waals surface area contributed by atoms with E-state index >= 15 is 0 Å². The molecule has 0 aliphatic rings. The zero-order chi connectivity index (χ0) is 13.3. The standard InChI is InChI=1S/C16H16Br2/c1-10-6-14(9-15(17)7-10)16(18)13-5-4-11(2)12(3)8-13/h4-9,16H,1-3H3. The van der Waals surface area contributed by atoms with Gasteiger partial charge in [-0.25, -0.2) is 0 Å². The van der Waals surface area contributed by atoms with Crippen LogP contribution in [0.15, 0.2) is 40.9 Å². The number of halogens is 2. The van der Waals surface area contributed by atoms with Crippen molar-refractivity contribution in [3.05, 3.63) is 68.7 Å². The summed E-state index contributed by atoms with van der Waals surface area (Å²) in [4.78, 5) is 0.244. The minimum Gasteiger partial charge on any atom is -0.0786 e. The average Bonchev–Trinajstić information content (AvgIpc) is 2.30. The van der Waals surface area contributed by atoms with E-state index in [1.807, 2.05) is 0 Å². The Hall–Kier alpha value is -0.600. The van der Waals surface area contributed by atoms with Crippen molar-refractivity contribution < 1.29 is 0 Å². The largest absolute Gasteiger partial charge is 0.0786 e. The molecule has 0 aliphatic heterocycles. The van der Waals surface area contributed by atoms with Gasteiger partial charge in [-0.3, -0.25) is 0 Å². The fourth-order valence-electron chi connectivity index (χ4n) is 2.03. The average molecular weight is 368 g/mol. The third-order valence-corrected chi connectivity index (χ3v) is 4.70. The minimum atomic E-state index is 0.244. The summed E-state index contributed by atoms with van der Waals surface area (Å²) in [6.07, 6.45) is 0. The van der Waals surface area contributed by atoms with Crippen LogP contribution in [-0.4, -0.2) is 0 Å². The Bertz CT molecular complexity index is 553.